The van der Waals surface area contributed by atoms with Crippen LogP contribution in [0.4, 0.5) is 0 Å². The van der Waals surface area contributed by atoms with E-state index in [0.717, 1.165) is 16.9 Å². The van der Waals surface area contributed by atoms with Gasteiger partial charge in [0.15, 0.2) is 12.5 Å². The SMILES string of the molecule is COCOc1ccc(C#Cc2cnc(C#N)c(Cl)c2)c(C)c1. The van der Waals surface area contributed by atoms with Crippen LogP contribution in [0.3, 0.4) is 0 Å². The van der Waals surface area contributed by atoms with Crippen molar-refractivity contribution in [2.75, 3.05) is 13.9 Å². The van der Waals surface area contributed by atoms with E-state index in [0.29, 0.717) is 10.6 Å². The fraction of sp³-hybridized carbons (Fsp3) is 0.176. The standard InChI is InChI=1S/C17H13ClN2O2/c1-12-7-15(22-11-21-2)6-5-14(12)4-3-13-8-16(18)17(9-19)20-10-13/h5-8,10H,11H2,1-2H3. The van der Waals surface area contributed by atoms with E-state index in [9.17, 15) is 0 Å². The molecule has 0 fully saturated rings. The normalized spacial score (nSPS) is 9.55. The molecule has 2 aromatic rings. The minimum atomic E-state index is 0.197. The van der Waals surface area contributed by atoms with Gasteiger partial charge in [-0.3, -0.25) is 0 Å². The maximum atomic E-state index is 8.79. The molecule has 110 valence electrons. The topological polar surface area (TPSA) is 55.1 Å². The highest BCUT2D eigenvalue weighted by Gasteiger charge is 2.01. The smallest absolute Gasteiger partial charge is 0.188 e. The van der Waals surface area contributed by atoms with Crippen LogP contribution < -0.4 is 4.74 Å². The Kier molecular flexibility index (Phi) is 5.38. The average molecular weight is 313 g/mol. The van der Waals surface area contributed by atoms with Gasteiger partial charge in [0.1, 0.15) is 11.8 Å². The summed E-state index contributed by atoms with van der Waals surface area (Å²) in [6.45, 7) is 2.16. The van der Waals surface area contributed by atoms with Crippen molar-refractivity contribution in [1.29, 1.82) is 5.26 Å². The molecular formula is C17H13ClN2O2. The highest BCUT2D eigenvalue weighted by atomic mass is 35.5. The molecule has 0 bridgehead atoms. The Morgan fingerprint density at radius 3 is 2.73 bits per heavy atom. The molecule has 0 saturated carbocycles. The summed E-state index contributed by atoms with van der Waals surface area (Å²) in [6.07, 6.45) is 1.53. The molecule has 0 radical (unpaired) electrons. The van der Waals surface area contributed by atoms with Crippen LogP contribution in [0, 0.1) is 30.1 Å². The monoisotopic (exact) mass is 312 g/mol. The van der Waals surface area contributed by atoms with Gasteiger partial charge in [-0.15, -0.1) is 0 Å². The van der Waals surface area contributed by atoms with Crippen molar-refractivity contribution in [3.63, 3.8) is 0 Å². The second-order valence-corrected chi connectivity index (χ2v) is 4.85. The van der Waals surface area contributed by atoms with Crippen molar-refractivity contribution in [3.05, 3.63) is 57.9 Å². The zero-order valence-electron chi connectivity index (χ0n) is 12.2. The molecular weight excluding hydrogens is 300 g/mol. The molecule has 1 heterocycles. The number of aryl methyl sites for hydroxylation is 1. The van der Waals surface area contributed by atoms with Crippen LogP contribution >= 0.6 is 11.6 Å². The third kappa shape index (κ3) is 3.99. The van der Waals surface area contributed by atoms with Gasteiger partial charge < -0.3 is 9.47 Å². The summed E-state index contributed by atoms with van der Waals surface area (Å²) in [4.78, 5) is 3.95. The number of ether oxygens (including phenoxy) is 2. The Balaban J connectivity index is 2.21. The molecule has 1 aromatic carbocycles. The lowest BCUT2D eigenvalue weighted by Crippen LogP contribution is -1.99. The second-order valence-electron chi connectivity index (χ2n) is 4.44. The molecule has 0 spiro atoms. The quantitative estimate of drug-likeness (QED) is 0.644. The molecule has 0 aliphatic heterocycles. The molecule has 22 heavy (non-hydrogen) atoms. The summed E-state index contributed by atoms with van der Waals surface area (Å²) in [5, 5.41) is 9.09. The lowest BCUT2D eigenvalue weighted by Gasteiger charge is -2.06. The van der Waals surface area contributed by atoms with Crippen molar-refractivity contribution < 1.29 is 9.47 Å². The summed E-state index contributed by atoms with van der Waals surface area (Å²) in [7, 11) is 1.57. The number of halogens is 1. The maximum absolute atomic E-state index is 8.79. The van der Waals surface area contributed by atoms with Crippen LogP contribution in [0.25, 0.3) is 0 Å². The first kappa shape index (κ1) is 15.9. The van der Waals surface area contributed by atoms with Crippen LogP contribution in [0.15, 0.2) is 30.5 Å². The predicted octanol–water partition coefficient (Wildman–Crippen LogP) is 3.30. The van der Waals surface area contributed by atoms with Gasteiger partial charge in [0.05, 0.1) is 5.02 Å². The van der Waals surface area contributed by atoms with Gasteiger partial charge >= 0.3 is 0 Å². The van der Waals surface area contributed by atoms with Crippen molar-refractivity contribution in [1.82, 2.24) is 4.98 Å². The number of methoxy groups -OCH3 is 1. The molecule has 4 nitrogen and oxygen atoms in total. The van der Waals surface area contributed by atoms with Crippen LogP contribution in [-0.4, -0.2) is 18.9 Å². The minimum Gasteiger partial charge on any atom is -0.468 e. The van der Waals surface area contributed by atoms with E-state index in [-0.39, 0.29) is 12.5 Å². The summed E-state index contributed by atoms with van der Waals surface area (Å²) in [5.74, 6) is 6.77. The zero-order valence-corrected chi connectivity index (χ0v) is 12.9. The van der Waals surface area contributed by atoms with Gasteiger partial charge in [-0.05, 0) is 36.8 Å². The molecule has 5 heteroatoms. The van der Waals surface area contributed by atoms with Gasteiger partial charge in [-0.1, -0.05) is 23.4 Å². The minimum absolute atomic E-state index is 0.197. The van der Waals surface area contributed by atoms with Gasteiger partial charge in [-0.25, -0.2) is 4.98 Å². The average Bonchev–Trinajstić information content (AvgIpc) is 2.52. The van der Waals surface area contributed by atoms with Crippen molar-refractivity contribution in [3.8, 4) is 23.7 Å². The second kappa shape index (κ2) is 7.47. The molecule has 2 rings (SSSR count). The van der Waals surface area contributed by atoms with Crippen molar-refractivity contribution >= 4 is 11.6 Å². The highest BCUT2D eigenvalue weighted by molar-refractivity contribution is 6.31. The lowest BCUT2D eigenvalue weighted by molar-refractivity contribution is 0.0511. The van der Waals surface area contributed by atoms with Crippen molar-refractivity contribution in [2.24, 2.45) is 0 Å². The Morgan fingerprint density at radius 1 is 1.27 bits per heavy atom. The van der Waals surface area contributed by atoms with Crippen LogP contribution in [0.5, 0.6) is 5.75 Å². The molecule has 0 amide bonds. The van der Waals surface area contributed by atoms with Gasteiger partial charge in [0.25, 0.3) is 0 Å². The number of hydrogen-bond acceptors (Lipinski definition) is 4. The molecule has 1 aromatic heterocycles. The molecule has 0 atom stereocenters. The maximum Gasteiger partial charge on any atom is 0.188 e. The van der Waals surface area contributed by atoms with E-state index < -0.39 is 0 Å². The number of benzene rings is 1. The van der Waals surface area contributed by atoms with E-state index in [1.165, 1.54) is 6.20 Å². The Bertz CT molecular complexity index is 785. The number of rotatable bonds is 3. The van der Waals surface area contributed by atoms with E-state index in [4.69, 9.17) is 26.3 Å². The highest BCUT2D eigenvalue weighted by Crippen LogP contribution is 2.17. The number of nitrogens with zero attached hydrogens (tertiary/aromatic N) is 2. The fourth-order valence-corrected chi connectivity index (χ4v) is 1.93. The lowest BCUT2D eigenvalue weighted by atomic mass is 10.1. The van der Waals surface area contributed by atoms with E-state index >= 15 is 0 Å². The molecule has 0 aliphatic carbocycles. The fourth-order valence-electron chi connectivity index (χ4n) is 1.72. The van der Waals surface area contributed by atoms with Crippen LogP contribution in [0.1, 0.15) is 22.4 Å². The summed E-state index contributed by atoms with van der Waals surface area (Å²) in [6, 6.07) is 9.15. The van der Waals surface area contributed by atoms with Gasteiger partial charge in [0.2, 0.25) is 0 Å². The Labute approximate surface area is 134 Å². The van der Waals surface area contributed by atoms with E-state index in [1.807, 2.05) is 31.2 Å². The summed E-state index contributed by atoms with van der Waals surface area (Å²) >= 11 is 5.93. The summed E-state index contributed by atoms with van der Waals surface area (Å²) in [5.41, 5.74) is 2.73. The molecule has 0 unspecified atom stereocenters. The zero-order chi connectivity index (χ0) is 15.9. The molecule has 0 saturated heterocycles. The van der Waals surface area contributed by atoms with E-state index in [2.05, 4.69) is 16.8 Å². The van der Waals surface area contributed by atoms with Gasteiger partial charge in [-0.2, -0.15) is 5.26 Å². The Hall–Kier alpha value is -2.53. The largest absolute Gasteiger partial charge is 0.468 e. The first-order chi connectivity index (χ1) is 10.6. The van der Waals surface area contributed by atoms with Gasteiger partial charge in [0, 0.05) is 24.4 Å². The number of aromatic nitrogens is 1. The summed E-state index contributed by atoms with van der Waals surface area (Å²) < 4.78 is 10.2. The molecule has 0 N–H and O–H groups in total. The number of hydrogen-bond donors (Lipinski definition) is 0. The number of nitriles is 1. The third-order valence-electron chi connectivity index (χ3n) is 2.83. The first-order valence-corrected chi connectivity index (χ1v) is 6.82. The molecule has 0 aliphatic rings. The van der Waals surface area contributed by atoms with Crippen LogP contribution in [0.2, 0.25) is 5.02 Å². The predicted molar refractivity (Wildman–Crippen MR) is 83.6 cm³/mol. The third-order valence-corrected chi connectivity index (χ3v) is 3.12. The van der Waals surface area contributed by atoms with Crippen LogP contribution in [-0.2, 0) is 4.74 Å². The Morgan fingerprint density at radius 2 is 2.09 bits per heavy atom. The number of pyridine rings is 1. The van der Waals surface area contributed by atoms with Crippen molar-refractivity contribution in [2.45, 2.75) is 6.92 Å². The van der Waals surface area contributed by atoms with E-state index in [1.54, 1.807) is 13.2 Å². The first-order valence-electron chi connectivity index (χ1n) is 6.44.